The van der Waals surface area contributed by atoms with Crippen molar-refractivity contribution in [1.82, 2.24) is 4.57 Å². The molecule has 0 bridgehead atoms. The minimum atomic E-state index is -0.895. The molecule has 0 unspecified atom stereocenters. The van der Waals surface area contributed by atoms with Gasteiger partial charge in [-0.2, -0.15) is 0 Å². The largest absolute Gasteiger partial charge is 0.480 e. The summed E-state index contributed by atoms with van der Waals surface area (Å²) in [4.78, 5) is 13.6. The fraction of sp³-hybridized carbons (Fsp3) is 0.348. The molecule has 3 rings (SSSR count). The van der Waals surface area contributed by atoms with E-state index < -0.39 is 5.97 Å². The van der Waals surface area contributed by atoms with E-state index in [1.54, 1.807) is 17.8 Å². The van der Waals surface area contributed by atoms with Crippen molar-refractivity contribution in [3.63, 3.8) is 0 Å². The van der Waals surface area contributed by atoms with Crippen LogP contribution in [0, 0.1) is 5.82 Å². The van der Waals surface area contributed by atoms with Crippen LogP contribution in [-0.2, 0) is 24.2 Å². The van der Waals surface area contributed by atoms with E-state index in [2.05, 4.69) is 26.0 Å². The predicted octanol–water partition coefficient (Wildman–Crippen LogP) is 6.26. The number of aryl methyl sites for hydroxylation is 1. The molecule has 1 aromatic heterocycles. The molecule has 0 saturated carbocycles. The van der Waals surface area contributed by atoms with Gasteiger partial charge in [0.05, 0.1) is 5.52 Å². The Bertz CT molecular complexity index is 1020. The number of hydrogen-bond donors (Lipinski definition) is 1. The molecule has 2 aromatic carbocycles. The number of hydrogen-bond acceptors (Lipinski definition) is 2. The Morgan fingerprint density at radius 1 is 1.14 bits per heavy atom. The summed E-state index contributed by atoms with van der Waals surface area (Å²) in [5.74, 6) is -0.763. The van der Waals surface area contributed by atoms with Crippen molar-refractivity contribution in [1.29, 1.82) is 0 Å². The minimum absolute atomic E-state index is 0.124. The van der Waals surface area contributed by atoms with Gasteiger partial charge in [0, 0.05) is 20.9 Å². The van der Waals surface area contributed by atoms with Crippen molar-refractivity contribution in [2.75, 3.05) is 0 Å². The molecule has 3 nitrogen and oxygen atoms in total. The highest BCUT2D eigenvalue weighted by molar-refractivity contribution is 7.99. The summed E-state index contributed by atoms with van der Waals surface area (Å²) in [7, 11) is 0. The van der Waals surface area contributed by atoms with Gasteiger partial charge in [0.2, 0.25) is 0 Å². The Morgan fingerprint density at radius 3 is 2.46 bits per heavy atom. The molecule has 148 valence electrons. The van der Waals surface area contributed by atoms with Gasteiger partial charge in [-0.05, 0) is 48.1 Å². The van der Waals surface area contributed by atoms with Gasteiger partial charge in [0.15, 0.2) is 0 Å². The first-order chi connectivity index (χ1) is 13.4. The van der Waals surface area contributed by atoms with Crippen LogP contribution in [-0.4, -0.2) is 15.6 Å². The van der Waals surface area contributed by atoms with Crippen LogP contribution in [0.5, 0.6) is 0 Å². The number of rotatable bonds is 7. The van der Waals surface area contributed by atoms with Gasteiger partial charge in [-0.3, -0.25) is 4.79 Å². The summed E-state index contributed by atoms with van der Waals surface area (Å²) in [6.07, 6.45) is 1.24. The van der Waals surface area contributed by atoms with Crippen LogP contribution >= 0.6 is 11.8 Å². The Morgan fingerprint density at radius 2 is 1.86 bits per heavy atom. The van der Waals surface area contributed by atoms with E-state index in [-0.39, 0.29) is 12.4 Å². The van der Waals surface area contributed by atoms with E-state index >= 15 is 0 Å². The standard InChI is InChI=1S/C23H26FNO2S/c1-5-15-17(24)11-12-19-22(15)23(18(6-2)25(19)13-21(26)27)28-20-10-8-7-9-16(20)14(3)4/h7-12,14H,5-6,13H2,1-4H3,(H,26,27). The molecule has 5 heteroatoms. The summed E-state index contributed by atoms with van der Waals surface area (Å²) < 4.78 is 16.4. The second kappa shape index (κ2) is 8.39. The first kappa shape index (κ1) is 20.5. The van der Waals surface area contributed by atoms with Gasteiger partial charge < -0.3 is 9.67 Å². The molecule has 0 aliphatic carbocycles. The van der Waals surface area contributed by atoms with Crippen LogP contribution < -0.4 is 0 Å². The third kappa shape index (κ3) is 3.68. The number of carbonyl (C=O) groups is 1. The van der Waals surface area contributed by atoms with Crippen LogP contribution in [0.3, 0.4) is 0 Å². The monoisotopic (exact) mass is 399 g/mol. The molecule has 0 aliphatic rings. The summed E-state index contributed by atoms with van der Waals surface area (Å²) in [5, 5.41) is 10.3. The van der Waals surface area contributed by atoms with E-state index in [1.807, 2.05) is 30.5 Å². The van der Waals surface area contributed by atoms with Gasteiger partial charge in [-0.15, -0.1) is 0 Å². The summed E-state index contributed by atoms with van der Waals surface area (Å²) in [5.41, 5.74) is 3.63. The number of carboxylic acids is 1. The van der Waals surface area contributed by atoms with Gasteiger partial charge in [0.1, 0.15) is 12.4 Å². The maximum atomic E-state index is 14.6. The number of halogens is 1. The van der Waals surface area contributed by atoms with Crippen molar-refractivity contribution in [3.8, 4) is 0 Å². The molecule has 28 heavy (non-hydrogen) atoms. The van der Waals surface area contributed by atoms with Crippen LogP contribution in [0.25, 0.3) is 10.9 Å². The third-order valence-corrected chi connectivity index (χ3v) is 6.31. The molecule has 0 spiro atoms. The molecule has 0 fully saturated rings. The predicted molar refractivity (Wildman–Crippen MR) is 113 cm³/mol. The summed E-state index contributed by atoms with van der Waals surface area (Å²) >= 11 is 1.63. The zero-order valence-corrected chi connectivity index (χ0v) is 17.6. The second-order valence-corrected chi connectivity index (χ2v) is 8.23. The third-order valence-electron chi connectivity index (χ3n) is 5.07. The normalized spacial score (nSPS) is 11.5. The zero-order chi connectivity index (χ0) is 20.4. The highest BCUT2D eigenvalue weighted by Gasteiger charge is 2.23. The van der Waals surface area contributed by atoms with Gasteiger partial charge in [0.25, 0.3) is 0 Å². The Balaban J connectivity index is 2.32. The molecule has 1 N–H and O–H groups in total. The summed E-state index contributed by atoms with van der Waals surface area (Å²) in [6, 6.07) is 11.4. The van der Waals surface area contributed by atoms with Gasteiger partial charge in [-0.25, -0.2) is 4.39 Å². The maximum absolute atomic E-state index is 14.6. The molecule has 0 saturated heterocycles. The van der Waals surface area contributed by atoms with Crippen molar-refractivity contribution >= 4 is 28.6 Å². The summed E-state index contributed by atoms with van der Waals surface area (Å²) in [6.45, 7) is 8.15. The van der Waals surface area contributed by atoms with Crippen molar-refractivity contribution in [3.05, 3.63) is 59.0 Å². The Kier molecular flexibility index (Phi) is 6.14. The molecule has 0 amide bonds. The molecule has 0 radical (unpaired) electrons. The van der Waals surface area contributed by atoms with Crippen molar-refractivity contribution < 1.29 is 14.3 Å². The van der Waals surface area contributed by atoms with Crippen LogP contribution in [0.4, 0.5) is 4.39 Å². The number of benzene rings is 2. The van der Waals surface area contributed by atoms with Crippen LogP contribution in [0.15, 0.2) is 46.2 Å². The number of aliphatic carboxylic acids is 1. The molecule has 3 aromatic rings. The average Bonchev–Trinajstić information content (AvgIpc) is 2.94. The van der Waals surface area contributed by atoms with Crippen molar-refractivity contribution in [2.45, 2.75) is 62.8 Å². The lowest BCUT2D eigenvalue weighted by Gasteiger charge is -2.13. The lowest BCUT2D eigenvalue weighted by molar-refractivity contribution is -0.137. The minimum Gasteiger partial charge on any atom is -0.480 e. The maximum Gasteiger partial charge on any atom is 0.323 e. The SMILES string of the molecule is CCc1c(F)ccc2c1c(Sc1ccccc1C(C)C)c(CC)n2CC(=O)O. The molecule has 0 aliphatic heterocycles. The van der Waals surface area contributed by atoms with Gasteiger partial charge in [-0.1, -0.05) is 57.7 Å². The zero-order valence-electron chi connectivity index (χ0n) is 16.8. The lowest BCUT2D eigenvalue weighted by Crippen LogP contribution is -2.11. The van der Waals surface area contributed by atoms with E-state index in [0.717, 1.165) is 26.4 Å². The topological polar surface area (TPSA) is 42.2 Å². The highest BCUT2D eigenvalue weighted by Crippen LogP contribution is 2.43. The fourth-order valence-corrected chi connectivity index (χ4v) is 5.27. The number of aromatic nitrogens is 1. The average molecular weight is 400 g/mol. The van der Waals surface area contributed by atoms with E-state index in [9.17, 15) is 14.3 Å². The second-order valence-electron chi connectivity index (χ2n) is 7.18. The van der Waals surface area contributed by atoms with E-state index in [0.29, 0.717) is 24.3 Å². The van der Waals surface area contributed by atoms with E-state index in [4.69, 9.17) is 0 Å². The Hall–Kier alpha value is -2.27. The quantitative estimate of drug-likeness (QED) is 0.509. The first-order valence-electron chi connectivity index (χ1n) is 9.69. The van der Waals surface area contributed by atoms with Crippen LogP contribution in [0.2, 0.25) is 0 Å². The van der Waals surface area contributed by atoms with Crippen molar-refractivity contribution in [2.24, 2.45) is 0 Å². The molecule has 1 heterocycles. The molecule has 0 atom stereocenters. The smallest absolute Gasteiger partial charge is 0.323 e. The molecular weight excluding hydrogens is 373 g/mol. The highest BCUT2D eigenvalue weighted by atomic mass is 32.2. The van der Waals surface area contributed by atoms with E-state index in [1.165, 1.54) is 11.6 Å². The molecular formula is C23H26FNO2S. The Labute approximate surface area is 169 Å². The lowest BCUT2D eigenvalue weighted by atomic mass is 10.0. The fourth-order valence-electron chi connectivity index (χ4n) is 3.78. The van der Waals surface area contributed by atoms with Gasteiger partial charge >= 0.3 is 5.97 Å². The number of nitrogens with zero attached hydrogens (tertiary/aromatic N) is 1. The first-order valence-corrected chi connectivity index (χ1v) is 10.5. The number of fused-ring (bicyclic) bond motifs is 1. The number of carboxylic acid groups (broad SMARTS) is 1. The van der Waals surface area contributed by atoms with Crippen LogP contribution in [0.1, 0.15) is 50.4 Å².